The molecule has 9 nitrogen and oxygen atoms in total. The molecule has 0 aliphatic heterocycles. The summed E-state index contributed by atoms with van der Waals surface area (Å²) in [5.74, 6) is 1.43. The van der Waals surface area contributed by atoms with Gasteiger partial charge in [-0.15, -0.1) is 10.2 Å². The highest BCUT2D eigenvalue weighted by Crippen LogP contribution is 2.38. The number of alkyl halides is 3. The summed E-state index contributed by atoms with van der Waals surface area (Å²) in [5.41, 5.74) is 1.77. The molecule has 0 unspecified atom stereocenters. The van der Waals surface area contributed by atoms with Crippen LogP contribution in [0.2, 0.25) is 0 Å². The van der Waals surface area contributed by atoms with Gasteiger partial charge in [0.25, 0.3) is 0 Å². The topological polar surface area (TPSA) is 109 Å². The van der Waals surface area contributed by atoms with Gasteiger partial charge in [0.2, 0.25) is 0 Å². The average molecular weight is 590 g/mol. The lowest BCUT2D eigenvalue weighted by Crippen LogP contribution is -2.23. The second kappa shape index (κ2) is 12.2. The van der Waals surface area contributed by atoms with Crippen LogP contribution < -0.4 is 10.2 Å². The third-order valence-electron chi connectivity index (χ3n) is 7.15. The van der Waals surface area contributed by atoms with Gasteiger partial charge < -0.3 is 19.5 Å². The van der Waals surface area contributed by atoms with Gasteiger partial charge in [0, 0.05) is 38.3 Å². The molecule has 12 heteroatoms. The van der Waals surface area contributed by atoms with E-state index in [0.29, 0.717) is 52.5 Å². The highest BCUT2D eigenvalue weighted by Gasteiger charge is 2.35. The molecule has 1 N–H and O–H groups in total. The van der Waals surface area contributed by atoms with Crippen molar-refractivity contribution in [2.75, 3.05) is 23.8 Å². The Balaban J connectivity index is 1.57. The van der Waals surface area contributed by atoms with E-state index in [4.69, 9.17) is 4.74 Å². The molecule has 2 aromatic heterocycles. The minimum absolute atomic E-state index is 0.0127. The molecule has 0 bridgehead atoms. The van der Waals surface area contributed by atoms with Gasteiger partial charge in [0.1, 0.15) is 24.2 Å². The summed E-state index contributed by atoms with van der Waals surface area (Å²) >= 11 is 0. The molecule has 43 heavy (non-hydrogen) atoms. The monoisotopic (exact) mass is 589 g/mol. The van der Waals surface area contributed by atoms with Crippen molar-refractivity contribution in [3.63, 3.8) is 0 Å². The van der Waals surface area contributed by atoms with E-state index < -0.39 is 11.7 Å². The number of nitriles is 1. The predicted octanol–water partition coefficient (Wildman–Crippen LogP) is 5.99. The second-order valence-electron chi connectivity index (χ2n) is 10.5. The lowest BCUT2D eigenvalue weighted by Gasteiger charge is -2.24. The standard InChI is InChI=1S/C31H30F3N7O2/c1-4-36-28-12-21(24-8-5-19(14-35)10-25(24)30-39-37-18-41(30)3)13-29(38-28)40(2)15-26-22(16-42)9-20(17-43-23-6-7-23)11-27(26)31(32,33)34/h5,8-13,16,18,23H,4,6-7,15,17H2,1-3H3,(H,36,38). The smallest absolute Gasteiger partial charge is 0.374 e. The molecule has 0 spiro atoms. The Labute approximate surface area is 246 Å². The van der Waals surface area contributed by atoms with Crippen molar-refractivity contribution < 1.29 is 22.7 Å². The first kappa shape index (κ1) is 29.7. The Hall–Kier alpha value is -4.76. The summed E-state index contributed by atoms with van der Waals surface area (Å²) in [6.45, 7) is 2.25. The summed E-state index contributed by atoms with van der Waals surface area (Å²) in [4.78, 5) is 18.3. The molecule has 2 aromatic carbocycles. The van der Waals surface area contributed by atoms with Gasteiger partial charge in [-0.1, -0.05) is 6.07 Å². The molecule has 222 valence electrons. The average Bonchev–Trinajstić information content (AvgIpc) is 3.73. The lowest BCUT2D eigenvalue weighted by molar-refractivity contribution is -0.138. The highest BCUT2D eigenvalue weighted by atomic mass is 19.4. The van der Waals surface area contributed by atoms with E-state index in [1.165, 1.54) is 6.07 Å². The number of pyridine rings is 1. The number of rotatable bonds is 11. The van der Waals surface area contributed by atoms with Gasteiger partial charge in [-0.3, -0.25) is 4.79 Å². The largest absolute Gasteiger partial charge is 0.416 e. The number of aldehydes is 1. The third kappa shape index (κ3) is 6.67. The second-order valence-corrected chi connectivity index (χ2v) is 10.5. The summed E-state index contributed by atoms with van der Waals surface area (Å²) < 4.78 is 50.2. The van der Waals surface area contributed by atoms with Crippen LogP contribution in [0, 0.1) is 11.3 Å². The molecule has 1 aliphatic rings. The lowest BCUT2D eigenvalue weighted by atomic mass is 9.96. The molecular formula is C31H30F3N7O2. The maximum Gasteiger partial charge on any atom is 0.416 e. The Morgan fingerprint density at radius 2 is 1.98 bits per heavy atom. The van der Waals surface area contributed by atoms with E-state index in [2.05, 4.69) is 26.6 Å². The Morgan fingerprint density at radius 1 is 1.19 bits per heavy atom. The number of carbonyl (C=O) groups is 1. The van der Waals surface area contributed by atoms with Crippen molar-refractivity contribution in [1.29, 1.82) is 5.26 Å². The highest BCUT2D eigenvalue weighted by molar-refractivity contribution is 5.84. The number of aryl methyl sites for hydroxylation is 1. The van der Waals surface area contributed by atoms with Gasteiger partial charge in [0.15, 0.2) is 5.82 Å². The molecule has 4 aromatic rings. The molecule has 1 fully saturated rings. The fraction of sp³-hybridized carbons (Fsp3) is 0.323. The SMILES string of the molecule is CCNc1cc(-c2ccc(C#N)cc2-c2nncn2C)cc(N(C)Cc2c(C=O)cc(COC3CC3)cc2C(F)(F)F)n1. The number of nitrogens with one attached hydrogen (secondary N) is 1. The van der Waals surface area contributed by atoms with Crippen molar-refractivity contribution in [1.82, 2.24) is 19.7 Å². The van der Waals surface area contributed by atoms with E-state index in [1.54, 1.807) is 54.2 Å². The summed E-state index contributed by atoms with van der Waals surface area (Å²) in [7, 11) is 3.42. The third-order valence-corrected chi connectivity index (χ3v) is 7.15. The van der Waals surface area contributed by atoms with Crippen LogP contribution in [0.25, 0.3) is 22.5 Å². The Kier molecular flexibility index (Phi) is 8.45. The number of carbonyl (C=O) groups excluding carboxylic acids is 1. The fourth-order valence-corrected chi connectivity index (χ4v) is 4.86. The number of nitrogens with zero attached hydrogens (tertiary/aromatic N) is 6. The van der Waals surface area contributed by atoms with Crippen LogP contribution in [0.4, 0.5) is 24.8 Å². The molecule has 2 heterocycles. The van der Waals surface area contributed by atoms with Gasteiger partial charge >= 0.3 is 6.18 Å². The van der Waals surface area contributed by atoms with E-state index >= 15 is 0 Å². The Bertz CT molecular complexity index is 1690. The number of benzene rings is 2. The summed E-state index contributed by atoms with van der Waals surface area (Å²) in [6, 6.07) is 13.5. The first-order valence-electron chi connectivity index (χ1n) is 13.8. The normalized spacial score (nSPS) is 13.0. The van der Waals surface area contributed by atoms with Crippen LogP contribution in [0.15, 0.2) is 48.8 Å². The van der Waals surface area contributed by atoms with Crippen LogP contribution >= 0.6 is 0 Å². The van der Waals surface area contributed by atoms with Gasteiger partial charge in [-0.25, -0.2) is 4.98 Å². The van der Waals surface area contributed by atoms with Crippen molar-refractivity contribution in [3.8, 4) is 28.6 Å². The molecule has 1 saturated carbocycles. The van der Waals surface area contributed by atoms with Gasteiger partial charge in [0.05, 0.1) is 29.9 Å². The van der Waals surface area contributed by atoms with Crippen LogP contribution in [0.3, 0.4) is 0 Å². The van der Waals surface area contributed by atoms with E-state index in [0.717, 1.165) is 24.5 Å². The van der Waals surface area contributed by atoms with Crippen LogP contribution in [0.1, 0.15) is 52.4 Å². The zero-order chi connectivity index (χ0) is 30.7. The van der Waals surface area contributed by atoms with Crippen LogP contribution in [-0.2, 0) is 31.1 Å². The van der Waals surface area contributed by atoms with Crippen molar-refractivity contribution in [3.05, 3.63) is 76.6 Å². The number of hydrogen-bond acceptors (Lipinski definition) is 8. The molecule has 0 radical (unpaired) electrons. The molecular weight excluding hydrogens is 559 g/mol. The van der Waals surface area contributed by atoms with Crippen LogP contribution in [0.5, 0.6) is 0 Å². The molecule has 5 rings (SSSR count). The zero-order valence-corrected chi connectivity index (χ0v) is 23.9. The minimum atomic E-state index is -4.68. The van der Waals surface area contributed by atoms with Crippen molar-refractivity contribution >= 4 is 17.9 Å². The fourth-order valence-electron chi connectivity index (χ4n) is 4.86. The van der Waals surface area contributed by atoms with E-state index in [1.807, 2.05) is 13.0 Å². The number of aromatic nitrogens is 4. The first-order chi connectivity index (χ1) is 20.6. The zero-order valence-electron chi connectivity index (χ0n) is 23.9. The molecule has 0 saturated heterocycles. The Morgan fingerprint density at radius 3 is 2.60 bits per heavy atom. The van der Waals surface area contributed by atoms with Gasteiger partial charge in [-0.2, -0.15) is 18.4 Å². The minimum Gasteiger partial charge on any atom is -0.374 e. The predicted molar refractivity (Wildman–Crippen MR) is 155 cm³/mol. The number of hydrogen-bond donors (Lipinski definition) is 1. The summed E-state index contributed by atoms with van der Waals surface area (Å²) in [6.07, 6.45) is -0.828. The number of anilines is 2. The quantitative estimate of drug-likeness (QED) is 0.213. The molecule has 1 aliphatic carbocycles. The van der Waals surface area contributed by atoms with Crippen LogP contribution in [-0.4, -0.2) is 45.7 Å². The first-order valence-corrected chi connectivity index (χ1v) is 13.8. The van der Waals surface area contributed by atoms with Crippen molar-refractivity contribution in [2.45, 2.75) is 45.2 Å². The summed E-state index contributed by atoms with van der Waals surface area (Å²) in [5, 5.41) is 20.9. The maximum absolute atomic E-state index is 14.3. The van der Waals surface area contributed by atoms with Crippen molar-refractivity contribution in [2.24, 2.45) is 7.05 Å². The number of ether oxygens (including phenoxy) is 1. The van der Waals surface area contributed by atoms with E-state index in [-0.39, 0.29) is 30.4 Å². The molecule has 0 atom stereocenters. The molecule has 0 amide bonds. The van der Waals surface area contributed by atoms with Gasteiger partial charge in [-0.05, 0) is 78.4 Å². The van der Waals surface area contributed by atoms with E-state index in [9.17, 15) is 23.2 Å². The number of halogens is 3. The maximum atomic E-state index is 14.3.